The standard InChI is InChI=1S/C14H14ClNS/c1-8-3-4-10-7-11(16-14(10)9(8)2)12-5-6-13(15)17-12/h3-6,11,16H,7H2,1-2H3. The van der Waals surface area contributed by atoms with Gasteiger partial charge in [0.05, 0.1) is 10.4 Å². The van der Waals surface area contributed by atoms with Crippen molar-refractivity contribution in [2.45, 2.75) is 26.3 Å². The molecule has 0 aliphatic carbocycles. The number of fused-ring (bicyclic) bond motifs is 1. The van der Waals surface area contributed by atoms with Gasteiger partial charge >= 0.3 is 0 Å². The van der Waals surface area contributed by atoms with Gasteiger partial charge in [-0.25, -0.2) is 0 Å². The number of hydrogen-bond donors (Lipinski definition) is 1. The van der Waals surface area contributed by atoms with Gasteiger partial charge in [-0.3, -0.25) is 0 Å². The molecule has 1 aromatic carbocycles. The summed E-state index contributed by atoms with van der Waals surface area (Å²) in [6.07, 6.45) is 1.06. The third-order valence-corrected chi connectivity index (χ3v) is 4.85. The van der Waals surface area contributed by atoms with Gasteiger partial charge in [0.2, 0.25) is 0 Å². The van der Waals surface area contributed by atoms with Crippen molar-refractivity contribution in [2.75, 3.05) is 5.32 Å². The predicted molar refractivity (Wildman–Crippen MR) is 75.3 cm³/mol. The fourth-order valence-electron chi connectivity index (χ4n) is 2.38. The summed E-state index contributed by atoms with van der Waals surface area (Å²) >= 11 is 7.67. The lowest BCUT2D eigenvalue weighted by Crippen LogP contribution is -2.03. The van der Waals surface area contributed by atoms with Gasteiger partial charge < -0.3 is 5.32 Å². The first-order chi connectivity index (χ1) is 8.15. The molecule has 2 heterocycles. The monoisotopic (exact) mass is 263 g/mol. The molecule has 1 aromatic heterocycles. The Kier molecular flexibility index (Phi) is 2.64. The highest BCUT2D eigenvalue weighted by Crippen LogP contribution is 2.40. The van der Waals surface area contributed by atoms with Crippen LogP contribution in [0.1, 0.15) is 27.6 Å². The van der Waals surface area contributed by atoms with E-state index in [-0.39, 0.29) is 0 Å². The Bertz CT molecular complexity index is 574. The van der Waals surface area contributed by atoms with Crippen LogP contribution in [0.15, 0.2) is 24.3 Å². The normalized spacial score (nSPS) is 17.9. The first kappa shape index (κ1) is 11.1. The van der Waals surface area contributed by atoms with Crippen LogP contribution in [0.2, 0.25) is 4.34 Å². The SMILES string of the molecule is Cc1ccc2c(c1C)NC(c1ccc(Cl)s1)C2. The van der Waals surface area contributed by atoms with Gasteiger partial charge in [0.15, 0.2) is 0 Å². The first-order valence-corrected chi connectivity index (χ1v) is 6.95. The van der Waals surface area contributed by atoms with Crippen LogP contribution in [-0.2, 0) is 6.42 Å². The Balaban J connectivity index is 1.95. The molecular formula is C14H14ClNS. The van der Waals surface area contributed by atoms with Crippen LogP contribution in [0.5, 0.6) is 0 Å². The van der Waals surface area contributed by atoms with Crippen LogP contribution in [0.3, 0.4) is 0 Å². The van der Waals surface area contributed by atoms with E-state index in [0.29, 0.717) is 6.04 Å². The fourth-order valence-corrected chi connectivity index (χ4v) is 3.49. The molecule has 0 saturated heterocycles. The maximum atomic E-state index is 6.00. The average Bonchev–Trinajstić information content (AvgIpc) is 2.90. The van der Waals surface area contributed by atoms with Crippen LogP contribution in [-0.4, -0.2) is 0 Å². The number of anilines is 1. The van der Waals surface area contributed by atoms with Crippen molar-refractivity contribution < 1.29 is 0 Å². The molecule has 0 saturated carbocycles. The summed E-state index contributed by atoms with van der Waals surface area (Å²) in [6.45, 7) is 4.34. The molecule has 0 spiro atoms. The summed E-state index contributed by atoms with van der Waals surface area (Å²) < 4.78 is 0.866. The van der Waals surface area contributed by atoms with Crippen molar-refractivity contribution in [1.82, 2.24) is 0 Å². The van der Waals surface area contributed by atoms with Gasteiger partial charge in [0.25, 0.3) is 0 Å². The maximum Gasteiger partial charge on any atom is 0.0932 e. The number of benzene rings is 1. The molecule has 1 N–H and O–H groups in total. The third-order valence-electron chi connectivity index (χ3n) is 3.50. The van der Waals surface area contributed by atoms with Gasteiger partial charge in [-0.1, -0.05) is 23.7 Å². The molecule has 2 aromatic rings. The maximum absolute atomic E-state index is 6.00. The van der Waals surface area contributed by atoms with Crippen molar-refractivity contribution in [2.24, 2.45) is 0 Å². The molecule has 3 rings (SSSR count). The summed E-state index contributed by atoms with van der Waals surface area (Å²) in [5.74, 6) is 0. The van der Waals surface area contributed by atoms with Crippen molar-refractivity contribution in [3.63, 3.8) is 0 Å². The molecule has 1 aliphatic rings. The molecule has 0 amide bonds. The average molecular weight is 264 g/mol. The smallest absolute Gasteiger partial charge is 0.0932 e. The minimum absolute atomic E-state index is 0.392. The molecule has 0 fully saturated rings. The predicted octanol–water partition coefficient (Wildman–Crippen LogP) is 4.73. The van der Waals surface area contributed by atoms with Gasteiger partial charge in [0.1, 0.15) is 0 Å². The van der Waals surface area contributed by atoms with Crippen LogP contribution >= 0.6 is 22.9 Å². The van der Waals surface area contributed by atoms with Crippen molar-refractivity contribution in [3.8, 4) is 0 Å². The van der Waals surface area contributed by atoms with Crippen LogP contribution in [0.4, 0.5) is 5.69 Å². The molecule has 0 bridgehead atoms. The van der Waals surface area contributed by atoms with Crippen LogP contribution in [0.25, 0.3) is 0 Å². The number of thiophene rings is 1. The van der Waals surface area contributed by atoms with Gasteiger partial charge in [-0.15, -0.1) is 11.3 Å². The van der Waals surface area contributed by atoms with E-state index >= 15 is 0 Å². The zero-order valence-electron chi connectivity index (χ0n) is 9.88. The van der Waals surface area contributed by atoms with E-state index in [0.717, 1.165) is 10.8 Å². The molecule has 1 nitrogen and oxygen atoms in total. The van der Waals surface area contributed by atoms with Crippen LogP contribution in [0, 0.1) is 13.8 Å². The third kappa shape index (κ3) is 1.85. The highest BCUT2D eigenvalue weighted by molar-refractivity contribution is 7.16. The molecule has 0 radical (unpaired) electrons. The lowest BCUT2D eigenvalue weighted by molar-refractivity contribution is 0.843. The Labute approximate surface area is 110 Å². The number of hydrogen-bond acceptors (Lipinski definition) is 2. The second kappa shape index (κ2) is 4.04. The van der Waals surface area contributed by atoms with Crippen molar-refractivity contribution in [3.05, 3.63) is 50.2 Å². The van der Waals surface area contributed by atoms with Gasteiger partial charge in [0, 0.05) is 10.6 Å². The Hall–Kier alpha value is -0.990. The van der Waals surface area contributed by atoms with E-state index in [1.165, 1.54) is 27.3 Å². The van der Waals surface area contributed by atoms with Crippen molar-refractivity contribution >= 4 is 28.6 Å². The largest absolute Gasteiger partial charge is 0.377 e. The molecule has 88 valence electrons. The number of halogens is 1. The number of nitrogens with one attached hydrogen (secondary N) is 1. The Morgan fingerprint density at radius 2 is 2.06 bits per heavy atom. The van der Waals surface area contributed by atoms with E-state index in [9.17, 15) is 0 Å². The highest BCUT2D eigenvalue weighted by Gasteiger charge is 2.24. The van der Waals surface area contributed by atoms with E-state index in [1.54, 1.807) is 11.3 Å². The summed E-state index contributed by atoms with van der Waals surface area (Å²) in [7, 11) is 0. The highest BCUT2D eigenvalue weighted by atomic mass is 35.5. The second-order valence-corrected chi connectivity index (χ2v) is 6.33. The zero-order valence-corrected chi connectivity index (χ0v) is 11.5. The quantitative estimate of drug-likeness (QED) is 0.784. The number of rotatable bonds is 1. The minimum atomic E-state index is 0.392. The van der Waals surface area contributed by atoms with E-state index < -0.39 is 0 Å². The molecule has 1 aliphatic heterocycles. The molecule has 1 atom stereocenters. The van der Waals surface area contributed by atoms with Gasteiger partial charge in [-0.05, 0) is 49.1 Å². The molecule has 1 unspecified atom stereocenters. The summed E-state index contributed by atoms with van der Waals surface area (Å²) in [6, 6.07) is 8.94. The van der Waals surface area contributed by atoms with Crippen molar-refractivity contribution in [1.29, 1.82) is 0 Å². The first-order valence-electron chi connectivity index (χ1n) is 5.76. The Morgan fingerprint density at radius 1 is 1.24 bits per heavy atom. The molecule has 17 heavy (non-hydrogen) atoms. The minimum Gasteiger partial charge on any atom is -0.377 e. The van der Waals surface area contributed by atoms with Crippen LogP contribution < -0.4 is 5.32 Å². The molecule has 3 heteroatoms. The Morgan fingerprint density at radius 3 is 2.76 bits per heavy atom. The summed E-state index contributed by atoms with van der Waals surface area (Å²) in [4.78, 5) is 1.32. The van der Waals surface area contributed by atoms with E-state index in [2.05, 4.69) is 37.4 Å². The zero-order chi connectivity index (χ0) is 12.0. The van der Waals surface area contributed by atoms with E-state index in [1.807, 2.05) is 6.07 Å². The summed E-state index contributed by atoms with van der Waals surface area (Å²) in [5, 5.41) is 3.62. The lowest BCUT2D eigenvalue weighted by Gasteiger charge is -2.10. The summed E-state index contributed by atoms with van der Waals surface area (Å²) in [5.41, 5.74) is 5.45. The van der Waals surface area contributed by atoms with Gasteiger partial charge in [-0.2, -0.15) is 0 Å². The number of aryl methyl sites for hydroxylation is 1. The fraction of sp³-hybridized carbons (Fsp3) is 0.286. The van der Waals surface area contributed by atoms with E-state index in [4.69, 9.17) is 11.6 Å². The molecular weight excluding hydrogens is 250 g/mol. The second-order valence-electron chi connectivity index (χ2n) is 4.58. The topological polar surface area (TPSA) is 12.0 Å². The lowest BCUT2D eigenvalue weighted by atomic mass is 10.0.